The largest absolute Gasteiger partial charge is 0.348 e. The van der Waals surface area contributed by atoms with E-state index in [1.165, 1.54) is 11.1 Å². The number of nitrogens with one attached hydrogen (secondary N) is 1. The number of rotatable bonds is 7. The second-order valence-electron chi connectivity index (χ2n) is 9.07. The van der Waals surface area contributed by atoms with Gasteiger partial charge >= 0.3 is 0 Å². The van der Waals surface area contributed by atoms with E-state index in [4.69, 9.17) is 0 Å². The van der Waals surface area contributed by atoms with Crippen molar-refractivity contribution in [1.29, 1.82) is 0 Å². The third-order valence-electron chi connectivity index (χ3n) is 6.85. The van der Waals surface area contributed by atoms with Gasteiger partial charge in [-0.3, -0.25) is 14.5 Å². The Bertz CT molecular complexity index is 906. The fourth-order valence-corrected chi connectivity index (χ4v) is 5.20. The molecule has 1 N–H and O–H groups in total. The van der Waals surface area contributed by atoms with Crippen molar-refractivity contribution in [2.24, 2.45) is 0 Å². The summed E-state index contributed by atoms with van der Waals surface area (Å²) in [4.78, 5) is 30.0. The molecule has 0 saturated carbocycles. The van der Waals surface area contributed by atoms with Crippen LogP contribution in [0.25, 0.3) is 0 Å². The predicted octanol–water partition coefficient (Wildman–Crippen LogP) is 4.20. The van der Waals surface area contributed by atoms with Crippen LogP contribution in [0, 0.1) is 0 Å². The van der Waals surface area contributed by atoms with Crippen molar-refractivity contribution in [3.63, 3.8) is 0 Å². The summed E-state index contributed by atoms with van der Waals surface area (Å²) in [6.45, 7) is 5.00. The quantitative estimate of drug-likeness (QED) is 0.712. The highest BCUT2D eigenvalue weighted by Crippen LogP contribution is 2.29. The number of hydrogen-bond acceptors (Lipinski definition) is 3. The van der Waals surface area contributed by atoms with Crippen molar-refractivity contribution in [3.8, 4) is 0 Å². The Morgan fingerprint density at radius 3 is 2.47 bits per heavy atom. The van der Waals surface area contributed by atoms with Gasteiger partial charge in [0.25, 0.3) is 5.91 Å². The predicted molar refractivity (Wildman–Crippen MR) is 127 cm³/mol. The number of carbonyl (C=O) groups excluding carboxylic acids is 2. The standard InChI is InChI=1S/C27H35N3O2/c1-2-17-30(20-26(31)28-25-14-8-12-21-9-6-7-13-24(21)25)23-15-18-29(19-16-23)27(32)22-10-4-3-5-11-22/h3-7,9-11,13,23,25H,2,8,12,14-20H2,1H3,(H,28,31). The molecule has 32 heavy (non-hydrogen) atoms. The monoisotopic (exact) mass is 433 g/mol. The van der Waals surface area contributed by atoms with Crippen LogP contribution in [-0.4, -0.2) is 53.8 Å². The Balaban J connectivity index is 1.32. The summed E-state index contributed by atoms with van der Waals surface area (Å²) in [6.07, 6.45) is 6.08. The smallest absolute Gasteiger partial charge is 0.253 e. The highest BCUT2D eigenvalue weighted by molar-refractivity contribution is 5.94. The highest BCUT2D eigenvalue weighted by atomic mass is 16.2. The van der Waals surface area contributed by atoms with E-state index in [0.29, 0.717) is 12.6 Å². The Hall–Kier alpha value is -2.66. The van der Waals surface area contributed by atoms with Gasteiger partial charge in [-0.2, -0.15) is 0 Å². The van der Waals surface area contributed by atoms with Crippen LogP contribution < -0.4 is 5.32 Å². The first kappa shape index (κ1) is 22.5. The van der Waals surface area contributed by atoms with Crippen LogP contribution >= 0.6 is 0 Å². The summed E-state index contributed by atoms with van der Waals surface area (Å²) < 4.78 is 0. The summed E-state index contributed by atoms with van der Waals surface area (Å²) in [7, 11) is 0. The third kappa shape index (κ3) is 5.39. The molecule has 2 aliphatic rings. The van der Waals surface area contributed by atoms with Crippen molar-refractivity contribution in [1.82, 2.24) is 15.1 Å². The van der Waals surface area contributed by atoms with E-state index in [0.717, 1.165) is 63.7 Å². The van der Waals surface area contributed by atoms with E-state index < -0.39 is 0 Å². The van der Waals surface area contributed by atoms with E-state index >= 15 is 0 Å². The van der Waals surface area contributed by atoms with E-state index in [1.54, 1.807) is 0 Å². The lowest BCUT2D eigenvalue weighted by atomic mass is 9.88. The van der Waals surface area contributed by atoms with Crippen LogP contribution in [-0.2, 0) is 11.2 Å². The van der Waals surface area contributed by atoms with Crippen LogP contribution in [0.5, 0.6) is 0 Å². The van der Waals surface area contributed by atoms with Gasteiger partial charge in [-0.1, -0.05) is 49.4 Å². The van der Waals surface area contributed by atoms with Gasteiger partial charge in [0.05, 0.1) is 12.6 Å². The minimum absolute atomic E-state index is 0.111. The van der Waals surface area contributed by atoms with Crippen LogP contribution in [0.3, 0.4) is 0 Å². The summed E-state index contributed by atoms with van der Waals surface area (Å²) >= 11 is 0. The number of piperidine rings is 1. The Morgan fingerprint density at radius 1 is 1.00 bits per heavy atom. The van der Waals surface area contributed by atoms with Gasteiger partial charge in [-0.05, 0) is 68.3 Å². The normalized spacial score (nSPS) is 18.9. The molecule has 5 heteroatoms. The number of likely N-dealkylation sites (tertiary alicyclic amines) is 1. The number of benzene rings is 2. The van der Waals surface area contributed by atoms with Gasteiger partial charge in [0.15, 0.2) is 0 Å². The lowest BCUT2D eigenvalue weighted by molar-refractivity contribution is -0.124. The van der Waals surface area contributed by atoms with Crippen molar-refractivity contribution in [2.75, 3.05) is 26.2 Å². The number of fused-ring (bicyclic) bond motifs is 1. The molecule has 1 aliphatic heterocycles. The van der Waals surface area contributed by atoms with Gasteiger partial charge in [-0.15, -0.1) is 0 Å². The lowest BCUT2D eigenvalue weighted by Crippen LogP contribution is -2.50. The molecule has 0 spiro atoms. The zero-order valence-corrected chi connectivity index (χ0v) is 19.1. The SMILES string of the molecule is CCCN(CC(=O)NC1CCCc2ccccc21)C1CCN(C(=O)c2ccccc2)CC1. The van der Waals surface area contributed by atoms with Gasteiger partial charge in [0.1, 0.15) is 0 Å². The van der Waals surface area contributed by atoms with Gasteiger partial charge < -0.3 is 10.2 Å². The molecular weight excluding hydrogens is 398 g/mol. The molecule has 1 saturated heterocycles. The number of carbonyl (C=O) groups is 2. The topological polar surface area (TPSA) is 52.7 Å². The fraction of sp³-hybridized carbons (Fsp3) is 0.481. The van der Waals surface area contributed by atoms with Crippen molar-refractivity contribution in [3.05, 3.63) is 71.3 Å². The summed E-state index contributed by atoms with van der Waals surface area (Å²) in [5.74, 6) is 0.225. The van der Waals surface area contributed by atoms with Crippen molar-refractivity contribution >= 4 is 11.8 Å². The summed E-state index contributed by atoms with van der Waals surface area (Å²) in [6, 6.07) is 18.5. The molecule has 1 heterocycles. The van der Waals surface area contributed by atoms with Crippen molar-refractivity contribution in [2.45, 2.75) is 57.5 Å². The third-order valence-corrected chi connectivity index (χ3v) is 6.85. The maximum atomic E-state index is 13.0. The van der Waals surface area contributed by atoms with E-state index in [-0.39, 0.29) is 17.9 Å². The molecule has 2 amide bonds. The van der Waals surface area contributed by atoms with Gasteiger partial charge in [-0.25, -0.2) is 0 Å². The molecule has 170 valence electrons. The minimum Gasteiger partial charge on any atom is -0.348 e. The molecule has 2 aromatic rings. The molecular formula is C27H35N3O2. The van der Waals surface area contributed by atoms with E-state index in [1.807, 2.05) is 35.2 Å². The fourth-order valence-electron chi connectivity index (χ4n) is 5.20. The molecule has 1 fully saturated rings. The molecule has 1 atom stereocenters. The molecule has 5 nitrogen and oxygen atoms in total. The minimum atomic E-state index is 0.111. The molecule has 0 aromatic heterocycles. The second-order valence-corrected chi connectivity index (χ2v) is 9.07. The van der Waals surface area contributed by atoms with Crippen molar-refractivity contribution < 1.29 is 9.59 Å². The molecule has 0 radical (unpaired) electrons. The molecule has 4 rings (SSSR count). The zero-order chi connectivity index (χ0) is 22.3. The van der Waals surface area contributed by atoms with E-state index in [2.05, 4.69) is 41.4 Å². The van der Waals surface area contributed by atoms with Gasteiger partial charge in [0.2, 0.25) is 5.91 Å². The average Bonchev–Trinajstić information content (AvgIpc) is 2.84. The second kappa shape index (κ2) is 10.8. The number of amides is 2. The summed E-state index contributed by atoms with van der Waals surface area (Å²) in [5, 5.41) is 3.31. The Kier molecular flexibility index (Phi) is 7.59. The number of aryl methyl sites for hydroxylation is 1. The molecule has 1 unspecified atom stereocenters. The van der Waals surface area contributed by atoms with Crippen LogP contribution in [0.4, 0.5) is 0 Å². The first-order valence-electron chi connectivity index (χ1n) is 12.1. The first-order valence-corrected chi connectivity index (χ1v) is 12.1. The van der Waals surface area contributed by atoms with Crippen LogP contribution in [0.2, 0.25) is 0 Å². The number of hydrogen-bond donors (Lipinski definition) is 1. The first-order chi connectivity index (χ1) is 15.7. The molecule has 2 aromatic carbocycles. The number of nitrogens with zero attached hydrogens (tertiary/aromatic N) is 2. The highest BCUT2D eigenvalue weighted by Gasteiger charge is 2.29. The van der Waals surface area contributed by atoms with Gasteiger partial charge in [0, 0.05) is 24.7 Å². The maximum absolute atomic E-state index is 13.0. The lowest BCUT2D eigenvalue weighted by Gasteiger charge is -2.38. The maximum Gasteiger partial charge on any atom is 0.253 e. The van der Waals surface area contributed by atoms with Crippen LogP contribution in [0.1, 0.15) is 66.6 Å². The van der Waals surface area contributed by atoms with Crippen LogP contribution in [0.15, 0.2) is 54.6 Å². The average molecular weight is 434 g/mol. The van der Waals surface area contributed by atoms with E-state index in [9.17, 15) is 9.59 Å². The molecule has 1 aliphatic carbocycles. The zero-order valence-electron chi connectivity index (χ0n) is 19.1. The Morgan fingerprint density at radius 2 is 1.72 bits per heavy atom. The molecule has 0 bridgehead atoms. The Labute approximate surface area is 191 Å². The summed E-state index contributed by atoms with van der Waals surface area (Å²) in [5.41, 5.74) is 3.40.